The number of benzene rings is 2. The Labute approximate surface area is 98.2 Å². The molecule has 3 aromatic rings. The zero-order chi connectivity index (χ0) is 11.7. The Morgan fingerprint density at radius 3 is 2.65 bits per heavy atom. The summed E-state index contributed by atoms with van der Waals surface area (Å²) in [7, 11) is 0. The van der Waals surface area contributed by atoms with Crippen LogP contribution >= 0.6 is 0 Å². The van der Waals surface area contributed by atoms with Gasteiger partial charge in [-0.15, -0.1) is 5.10 Å². The van der Waals surface area contributed by atoms with E-state index >= 15 is 0 Å². The second-order valence-corrected chi connectivity index (χ2v) is 3.71. The summed E-state index contributed by atoms with van der Waals surface area (Å²) in [6.07, 6.45) is 1.76. The molecule has 0 fully saturated rings. The summed E-state index contributed by atoms with van der Waals surface area (Å²) < 4.78 is 0. The summed E-state index contributed by atoms with van der Waals surface area (Å²) in [5.74, 6) is 0.598. The average Bonchev–Trinajstić information content (AvgIpc) is 2.76. The zero-order valence-corrected chi connectivity index (χ0v) is 9.08. The third-order valence-electron chi connectivity index (χ3n) is 2.55. The van der Waals surface area contributed by atoms with Crippen molar-refractivity contribution in [3.05, 3.63) is 54.7 Å². The number of hydrogen-bond donors (Lipinski definition) is 1. The number of rotatable bonds is 2. The molecule has 1 aromatic heterocycles. The van der Waals surface area contributed by atoms with Gasteiger partial charge in [0.1, 0.15) is 5.52 Å². The Kier molecular flexibility index (Phi) is 2.19. The molecule has 3 rings (SSSR count). The Morgan fingerprint density at radius 2 is 1.76 bits per heavy atom. The Morgan fingerprint density at radius 1 is 1.00 bits per heavy atom. The highest BCUT2D eigenvalue weighted by Gasteiger charge is 2.05. The van der Waals surface area contributed by atoms with Crippen LogP contribution in [0.3, 0.4) is 0 Å². The van der Waals surface area contributed by atoms with Crippen LogP contribution in [0.15, 0.2) is 54.7 Å². The molecule has 0 unspecified atom stereocenters. The van der Waals surface area contributed by atoms with Crippen LogP contribution in [-0.4, -0.2) is 9.94 Å². The van der Waals surface area contributed by atoms with Gasteiger partial charge in [0.05, 0.1) is 11.9 Å². The minimum atomic E-state index is 0.590. The molecular weight excluding hydrogens is 214 g/mol. The number of hydrogen-bond acceptors (Lipinski definition) is 3. The van der Waals surface area contributed by atoms with Crippen molar-refractivity contribution >= 4 is 16.6 Å². The fraction of sp³-hybridized carbons (Fsp3) is 0. The topological polar surface area (TPSA) is 53.1 Å². The van der Waals surface area contributed by atoms with Gasteiger partial charge in [0.15, 0.2) is 5.75 Å². The van der Waals surface area contributed by atoms with E-state index in [4.69, 9.17) is 10.6 Å². The largest absolute Gasteiger partial charge is 0.396 e. The van der Waals surface area contributed by atoms with Crippen LogP contribution in [0.2, 0.25) is 0 Å². The molecule has 4 heteroatoms. The van der Waals surface area contributed by atoms with Crippen molar-refractivity contribution in [3.8, 4) is 5.75 Å². The molecule has 0 radical (unpaired) electrons. The number of nitrogen functional groups attached to an aromatic ring is 1. The second kappa shape index (κ2) is 3.83. The van der Waals surface area contributed by atoms with Gasteiger partial charge in [-0.3, -0.25) is 0 Å². The van der Waals surface area contributed by atoms with Crippen molar-refractivity contribution in [1.82, 2.24) is 9.94 Å². The molecule has 84 valence electrons. The first-order valence-corrected chi connectivity index (χ1v) is 5.30. The molecule has 0 spiro atoms. The van der Waals surface area contributed by atoms with Crippen LogP contribution in [0.25, 0.3) is 10.9 Å². The second-order valence-electron chi connectivity index (χ2n) is 3.71. The van der Waals surface area contributed by atoms with Crippen molar-refractivity contribution in [2.24, 2.45) is 0 Å². The van der Waals surface area contributed by atoms with E-state index in [1.807, 2.05) is 42.5 Å². The van der Waals surface area contributed by atoms with Crippen LogP contribution in [0.5, 0.6) is 5.75 Å². The number of nitrogens with two attached hydrogens (primary N) is 1. The molecule has 0 aliphatic carbocycles. The zero-order valence-electron chi connectivity index (χ0n) is 9.08. The molecule has 1 heterocycles. The van der Waals surface area contributed by atoms with Crippen molar-refractivity contribution < 1.29 is 4.84 Å². The average molecular weight is 225 g/mol. The molecular formula is C13H11N3O. The van der Waals surface area contributed by atoms with Gasteiger partial charge in [-0.05, 0) is 18.2 Å². The summed E-state index contributed by atoms with van der Waals surface area (Å²) in [6, 6.07) is 15.2. The summed E-state index contributed by atoms with van der Waals surface area (Å²) in [6.45, 7) is 0. The third kappa shape index (κ3) is 1.69. The molecule has 0 aliphatic rings. The standard InChI is InChI=1S/C13H11N3O/c14-11-6-2-4-8-13(11)17-16-12-7-3-1-5-10(12)9-15-16/h1-9H,14H2. The van der Waals surface area contributed by atoms with Crippen LogP contribution in [0.1, 0.15) is 0 Å². The maximum Gasteiger partial charge on any atom is 0.180 e. The highest BCUT2D eigenvalue weighted by Crippen LogP contribution is 2.21. The van der Waals surface area contributed by atoms with Crippen LogP contribution in [0, 0.1) is 0 Å². The molecule has 0 amide bonds. The molecule has 0 saturated carbocycles. The van der Waals surface area contributed by atoms with E-state index in [0.29, 0.717) is 11.4 Å². The van der Waals surface area contributed by atoms with Gasteiger partial charge < -0.3 is 10.6 Å². The molecule has 17 heavy (non-hydrogen) atoms. The van der Waals surface area contributed by atoms with E-state index < -0.39 is 0 Å². The molecule has 4 nitrogen and oxygen atoms in total. The lowest BCUT2D eigenvalue weighted by Gasteiger charge is -2.07. The monoisotopic (exact) mass is 225 g/mol. The lowest BCUT2D eigenvalue weighted by atomic mass is 10.3. The van der Waals surface area contributed by atoms with E-state index in [2.05, 4.69) is 5.10 Å². The van der Waals surface area contributed by atoms with Crippen LogP contribution < -0.4 is 10.6 Å². The number of aromatic nitrogens is 2. The predicted molar refractivity (Wildman–Crippen MR) is 66.6 cm³/mol. The Hall–Kier alpha value is -2.49. The summed E-state index contributed by atoms with van der Waals surface area (Å²) >= 11 is 0. The van der Waals surface area contributed by atoms with Crippen LogP contribution in [0.4, 0.5) is 5.69 Å². The first kappa shape index (κ1) is 9.72. The number of nitrogens with zero attached hydrogens (tertiary/aromatic N) is 2. The number of para-hydroxylation sites is 3. The van der Waals surface area contributed by atoms with Crippen LogP contribution in [-0.2, 0) is 0 Å². The Bertz CT molecular complexity index is 660. The van der Waals surface area contributed by atoms with Gasteiger partial charge in [-0.2, -0.15) is 0 Å². The highest BCUT2D eigenvalue weighted by molar-refractivity contribution is 5.78. The Balaban J connectivity index is 2.03. The summed E-state index contributed by atoms with van der Waals surface area (Å²) in [5.41, 5.74) is 7.32. The number of fused-ring (bicyclic) bond motifs is 1. The first-order valence-electron chi connectivity index (χ1n) is 5.30. The lowest BCUT2D eigenvalue weighted by molar-refractivity contribution is 0.192. The summed E-state index contributed by atoms with van der Waals surface area (Å²) in [5, 5.41) is 5.20. The van der Waals surface area contributed by atoms with E-state index in [9.17, 15) is 0 Å². The number of anilines is 1. The quantitative estimate of drug-likeness (QED) is 0.681. The smallest absolute Gasteiger partial charge is 0.180 e. The van der Waals surface area contributed by atoms with Crippen molar-refractivity contribution in [2.45, 2.75) is 0 Å². The van der Waals surface area contributed by atoms with Gasteiger partial charge in [0.2, 0.25) is 0 Å². The molecule has 0 saturated heterocycles. The van der Waals surface area contributed by atoms with E-state index in [1.54, 1.807) is 12.3 Å². The van der Waals surface area contributed by atoms with Gasteiger partial charge in [0, 0.05) is 5.39 Å². The third-order valence-corrected chi connectivity index (χ3v) is 2.55. The highest BCUT2D eigenvalue weighted by atomic mass is 16.7. The maximum absolute atomic E-state index is 5.82. The van der Waals surface area contributed by atoms with Gasteiger partial charge in [-0.25, -0.2) is 0 Å². The normalized spacial score (nSPS) is 10.6. The molecule has 0 atom stereocenters. The minimum Gasteiger partial charge on any atom is -0.396 e. The maximum atomic E-state index is 5.82. The molecule has 2 aromatic carbocycles. The first-order chi connectivity index (χ1) is 8.34. The SMILES string of the molecule is Nc1ccccc1On1ncc2ccccc21. The minimum absolute atomic E-state index is 0.590. The fourth-order valence-corrected chi connectivity index (χ4v) is 1.68. The predicted octanol–water partition coefficient (Wildman–Crippen LogP) is 2.46. The van der Waals surface area contributed by atoms with E-state index in [1.165, 1.54) is 4.85 Å². The summed E-state index contributed by atoms with van der Waals surface area (Å²) in [4.78, 5) is 7.12. The van der Waals surface area contributed by atoms with Crippen molar-refractivity contribution in [2.75, 3.05) is 5.73 Å². The van der Waals surface area contributed by atoms with Crippen molar-refractivity contribution in [3.63, 3.8) is 0 Å². The molecule has 0 aliphatic heterocycles. The molecule has 0 bridgehead atoms. The lowest BCUT2D eigenvalue weighted by Crippen LogP contribution is -2.07. The van der Waals surface area contributed by atoms with E-state index in [-0.39, 0.29) is 0 Å². The fourth-order valence-electron chi connectivity index (χ4n) is 1.68. The van der Waals surface area contributed by atoms with Gasteiger partial charge >= 0.3 is 0 Å². The van der Waals surface area contributed by atoms with Crippen molar-refractivity contribution in [1.29, 1.82) is 0 Å². The van der Waals surface area contributed by atoms with Gasteiger partial charge in [0.25, 0.3) is 0 Å². The van der Waals surface area contributed by atoms with Gasteiger partial charge in [-0.1, -0.05) is 35.2 Å². The molecule has 2 N–H and O–H groups in total. The van der Waals surface area contributed by atoms with E-state index in [0.717, 1.165) is 10.9 Å².